The van der Waals surface area contributed by atoms with Crippen LogP contribution in [0.1, 0.15) is 32.1 Å². The quantitative estimate of drug-likeness (QED) is 0.847. The molecule has 2 aliphatic heterocycles. The third-order valence-electron chi connectivity index (χ3n) is 4.74. The van der Waals surface area contributed by atoms with E-state index >= 15 is 0 Å². The summed E-state index contributed by atoms with van der Waals surface area (Å²) >= 11 is 0. The Morgan fingerprint density at radius 3 is 2.50 bits per heavy atom. The van der Waals surface area contributed by atoms with Crippen molar-refractivity contribution in [2.24, 2.45) is 0 Å². The van der Waals surface area contributed by atoms with Crippen LogP contribution in [0, 0.1) is 0 Å². The fraction of sp³-hybridized carbons (Fsp3) is 0.750. The summed E-state index contributed by atoms with van der Waals surface area (Å²) in [7, 11) is 3.21. The van der Waals surface area contributed by atoms with Crippen molar-refractivity contribution in [2.75, 3.05) is 45.3 Å². The van der Waals surface area contributed by atoms with Crippen molar-refractivity contribution in [2.45, 2.75) is 38.1 Å². The van der Waals surface area contributed by atoms with Crippen LogP contribution in [0.25, 0.3) is 0 Å². The van der Waals surface area contributed by atoms with Crippen LogP contribution in [0.2, 0.25) is 0 Å². The van der Waals surface area contributed by atoms with E-state index in [2.05, 4.69) is 19.8 Å². The minimum atomic E-state index is 0.370. The smallest absolute Gasteiger partial charge is 0.321 e. The Kier molecular flexibility index (Phi) is 4.97. The molecule has 0 amide bonds. The molecule has 0 unspecified atom stereocenters. The molecule has 1 atom stereocenters. The Hall–Kier alpha value is -1.56. The zero-order chi connectivity index (χ0) is 15.4. The first-order valence-corrected chi connectivity index (χ1v) is 8.26. The Labute approximate surface area is 132 Å². The Morgan fingerprint density at radius 1 is 0.955 bits per heavy atom. The van der Waals surface area contributed by atoms with E-state index in [0.717, 1.165) is 24.9 Å². The molecule has 0 aliphatic carbocycles. The summed E-state index contributed by atoms with van der Waals surface area (Å²) in [6.45, 7) is 4.62. The second-order valence-electron chi connectivity index (χ2n) is 6.07. The highest BCUT2D eigenvalue weighted by Gasteiger charge is 2.25. The Bertz CT molecular complexity index is 469. The molecule has 0 saturated carbocycles. The lowest BCUT2D eigenvalue weighted by Crippen LogP contribution is -2.34. The van der Waals surface area contributed by atoms with Crippen LogP contribution in [0.3, 0.4) is 0 Å². The number of rotatable bonds is 4. The molecule has 0 aromatic carbocycles. The minimum absolute atomic E-state index is 0.370. The maximum Gasteiger partial charge on any atom is 0.321 e. The van der Waals surface area contributed by atoms with Crippen LogP contribution in [-0.2, 0) is 0 Å². The van der Waals surface area contributed by atoms with Crippen LogP contribution in [0.4, 0.5) is 5.82 Å². The van der Waals surface area contributed by atoms with E-state index < -0.39 is 0 Å². The number of hydrogen-bond donors (Lipinski definition) is 0. The molecule has 0 bridgehead atoms. The largest absolute Gasteiger partial charge is 0.481 e. The van der Waals surface area contributed by atoms with Gasteiger partial charge in [-0.1, -0.05) is 0 Å². The van der Waals surface area contributed by atoms with E-state index in [1.807, 2.05) is 6.07 Å². The molecule has 3 rings (SSSR count). The van der Waals surface area contributed by atoms with Gasteiger partial charge in [0.25, 0.3) is 0 Å². The van der Waals surface area contributed by atoms with Crippen LogP contribution in [0.5, 0.6) is 11.9 Å². The number of methoxy groups -OCH3 is 2. The van der Waals surface area contributed by atoms with E-state index in [1.54, 1.807) is 14.2 Å². The lowest BCUT2D eigenvalue weighted by molar-refractivity contribution is 0.225. The van der Waals surface area contributed by atoms with Gasteiger partial charge in [-0.15, -0.1) is 0 Å². The van der Waals surface area contributed by atoms with E-state index in [0.29, 0.717) is 11.9 Å². The van der Waals surface area contributed by atoms with Crippen molar-refractivity contribution < 1.29 is 9.47 Å². The van der Waals surface area contributed by atoms with Crippen LogP contribution >= 0.6 is 0 Å². The molecule has 2 aliphatic rings. The maximum atomic E-state index is 5.26. The van der Waals surface area contributed by atoms with E-state index in [1.165, 1.54) is 45.2 Å². The van der Waals surface area contributed by atoms with Crippen molar-refractivity contribution in [1.82, 2.24) is 14.9 Å². The first-order valence-electron chi connectivity index (χ1n) is 8.26. The fourth-order valence-electron chi connectivity index (χ4n) is 3.53. The van der Waals surface area contributed by atoms with Gasteiger partial charge in [-0.25, -0.2) is 0 Å². The highest BCUT2D eigenvalue weighted by molar-refractivity contribution is 5.43. The molecule has 22 heavy (non-hydrogen) atoms. The van der Waals surface area contributed by atoms with Gasteiger partial charge in [-0.05, 0) is 45.2 Å². The third kappa shape index (κ3) is 3.43. The van der Waals surface area contributed by atoms with Crippen molar-refractivity contribution in [3.63, 3.8) is 0 Å². The SMILES string of the molecule is COc1cc(N2CCC[C@@H](N3CCCC3)CC2)nc(OC)n1. The molecule has 6 heteroatoms. The first kappa shape index (κ1) is 15.3. The standard InChI is InChI=1S/C16H26N4O2/c1-21-15-12-14(17-16(18-15)22-2)20-10-5-6-13(7-11-20)19-8-3-4-9-19/h12-13H,3-11H2,1-2H3/t13-/m1/s1. The predicted molar refractivity (Wildman–Crippen MR) is 85.8 cm³/mol. The summed E-state index contributed by atoms with van der Waals surface area (Å²) in [5.41, 5.74) is 0. The van der Waals surface area contributed by atoms with Gasteiger partial charge < -0.3 is 19.3 Å². The summed E-state index contributed by atoms with van der Waals surface area (Å²) < 4.78 is 10.4. The van der Waals surface area contributed by atoms with E-state index in [9.17, 15) is 0 Å². The molecule has 1 aromatic rings. The van der Waals surface area contributed by atoms with Gasteiger partial charge in [0, 0.05) is 25.2 Å². The van der Waals surface area contributed by atoms with E-state index in [-0.39, 0.29) is 0 Å². The summed E-state index contributed by atoms with van der Waals surface area (Å²) in [4.78, 5) is 13.7. The van der Waals surface area contributed by atoms with Crippen LogP contribution in [-0.4, -0.2) is 61.3 Å². The number of likely N-dealkylation sites (tertiary alicyclic amines) is 1. The Morgan fingerprint density at radius 2 is 1.77 bits per heavy atom. The van der Waals surface area contributed by atoms with Gasteiger partial charge in [0.05, 0.1) is 14.2 Å². The second kappa shape index (κ2) is 7.13. The van der Waals surface area contributed by atoms with Gasteiger partial charge in [0.2, 0.25) is 5.88 Å². The van der Waals surface area contributed by atoms with Gasteiger partial charge in [-0.2, -0.15) is 9.97 Å². The number of ether oxygens (including phenoxy) is 2. The molecule has 0 N–H and O–H groups in total. The molecule has 2 fully saturated rings. The van der Waals surface area contributed by atoms with Crippen molar-refractivity contribution in [1.29, 1.82) is 0 Å². The molecule has 2 saturated heterocycles. The highest BCUT2D eigenvalue weighted by Crippen LogP contribution is 2.26. The summed E-state index contributed by atoms with van der Waals surface area (Å²) in [5, 5.41) is 0. The molecule has 122 valence electrons. The molecule has 6 nitrogen and oxygen atoms in total. The normalized spacial score (nSPS) is 23.4. The van der Waals surface area contributed by atoms with Crippen LogP contribution < -0.4 is 14.4 Å². The van der Waals surface area contributed by atoms with Crippen molar-refractivity contribution in [3.8, 4) is 11.9 Å². The average Bonchev–Trinajstić information content (AvgIpc) is 2.99. The lowest BCUT2D eigenvalue weighted by Gasteiger charge is -2.26. The summed E-state index contributed by atoms with van der Waals surface area (Å²) in [6, 6.07) is 3.01. The molecule has 1 aromatic heterocycles. The molecular formula is C16H26N4O2. The molecular weight excluding hydrogens is 280 g/mol. The van der Waals surface area contributed by atoms with Gasteiger partial charge >= 0.3 is 6.01 Å². The topological polar surface area (TPSA) is 50.7 Å². The van der Waals surface area contributed by atoms with Crippen LogP contribution in [0.15, 0.2) is 6.07 Å². The molecule has 0 radical (unpaired) electrons. The van der Waals surface area contributed by atoms with E-state index in [4.69, 9.17) is 9.47 Å². The van der Waals surface area contributed by atoms with Gasteiger partial charge in [0.15, 0.2) is 0 Å². The fourth-order valence-corrected chi connectivity index (χ4v) is 3.53. The zero-order valence-corrected chi connectivity index (χ0v) is 13.6. The zero-order valence-electron chi connectivity index (χ0n) is 13.6. The Balaban J connectivity index is 1.69. The number of anilines is 1. The van der Waals surface area contributed by atoms with Gasteiger partial charge in [0.1, 0.15) is 5.82 Å². The van der Waals surface area contributed by atoms with Crippen molar-refractivity contribution in [3.05, 3.63) is 6.07 Å². The average molecular weight is 306 g/mol. The summed E-state index contributed by atoms with van der Waals surface area (Å²) in [5.74, 6) is 1.47. The molecule has 0 spiro atoms. The summed E-state index contributed by atoms with van der Waals surface area (Å²) in [6.07, 6.45) is 6.42. The highest BCUT2D eigenvalue weighted by atomic mass is 16.5. The van der Waals surface area contributed by atoms with Crippen molar-refractivity contribution >= 4 is 5.82 Å². The van der Waals surface area contributed by atoms with Gasteiger partial charge in [-0.3, -0.25) is 0 Å². The number of nitrogens with zero attached hydrogens (tertiary/aromatic N) is 4. The molecule has 3 heterocycles. The second-order valence-corrected chi connectivity index (χ2v) is 6.07. The first-order chi connectivity index (χ1) is 10.8. The minimum Gasteiger partial charge on any atom is -0.481 e. The predicted octanol–water partition coefficient (Wildman–Crippen LogP) is 1.95. The maximum absolute atomic E-state index is 5.26. The monoisotopic (exact) mass is 306 g/mol. The lowest BCUT2D eigenvalue weighted by atomic mass is 10.1. The number of aromatic nitrogens is 2. The number of hydrogen-bond acceptors (Lipinski definition) is 6. The third-order valence-corrected chi connectivity index (χ3v) is 4.74.